The Bertz CT molecular complexity index is 468. The van der Waals surface area contributed by atoms with Crippen LogP contribution >= 0.6 is 0 Å². The van der Waals surface area contributed by atoms with Crippen LogP contribution in [0.1, 0.15) is 19.3 Å². The molecular weight excluding hydrogens is 208 g/mol. The van der Waals surface area contributed by atoms with Crippen LogP contribution in [0.25, 0.3) is 0 Å². The van der Waals surface area contributed by atoms with E-state index in [9.17, 15) is 0 Å². The predicted molar refractivity (Wildman–Crippen MR) is 63.3 cm³/mol. The zero-order valence-electron chi connectivity index (χ0n) is 9.94. The molecule has 0 aromatic carbocycles. The van der Waals surface area contributed by atoms with E-state index in [1.165, 1.54) is 6.42 Å². The van der Waals surface area contributed by atoms with E-state index < -0.39 is 0 Å². The van der Waals surface area contributed by atoms with Gasteiger partial charge in [0.25, 0.3) is 0 Å². The van der Waals surface area contributed by atoms with Gasteiger partial charge in [0.15, 0.2) is 0 Å². The third kappa shape index (κ3) is 0.750. The molecule has 2 heterocycles. The van der Waals surface area contributed by atoms with Gasteiger partial charge in [-0.15, -0.1) is 0 Å². The van der Waals surface area contributed by atoms with Gasteiger partial charge in [0.2, 0.25) is 0 Å². The van der Waals surface area contributed by atoms with Crippen LogP contribution < -0.4 is 0 Å². The molecule has 5 aliphatic carbocycles. The Hall–Kier alpha value is -0.660. The van der Waals surface area contributed by atoms with E-state index in [0.717, 1.165) is 47.3 Å². The monoisotopic (exact) mass is 226 g/mol. The van der Waals surface area contributed by atoms with Crippen molar-refractivity contribution in [1.29, 1.82) is 0 Å². The van der Waals surface area contributed by atoms with Gasteiger partial charge in [0.05, 0.1) is 12.1 Å². The highest BCUT2D eigenvalue weighted by molar-refractivity contribution is 5.25. The molecule has 0 aromatic heterocycles. The first-order chi connectivity index (χ1) is 8.43. The molecule has 0 spiro atoms. The van der Waals surface area contributed by atoms with Crippen LogP contribution in [-0.2, 0) is 0 Å². The zero-order valence-corrected chi connectivity index (χ0v) is 9.94. The van der Waals surface area contributed by atoms with Crippen LogP contribution in [0, 0.1) is 47.3 Å². The van der Waals surface area contributed by atoms with Crippen molar-refractivity contribution in [2.75, 3.05) is 0 Å². The molecule has 0 saturated heterocycles. The van der Waals surface area contributed by atoms with Crippen LogP contribution in [-0.4, -0.2) is 12.1 Å². The standard InChI is InChI=1S/C15H18N2/c1-2-6-7(3-1)15-13-11-5-10(8-4-9(8)11)12(13)14(6)16-17-15/h1-2,6-15H,3-5H2/t6-,7+,8-,9+,10-,11+,12+,13-,14-,15+/m1/s1. The smallest absolute Gasteiger partial charge is 0.0808 e. The maximum Gasteiger partial charge on any atom is 0.0808 e. The second kappa shape index (κ2) is 2.39. The Morgan fingerprint density at radius 1 is 0.765 bits per heavy atom. The Kier molecular flexibility index (Phi) is 1.19. The SMILES string of the molecule is C1=C[C@@H]2[C@H](C1)[C@@H]1N=N[C@H]2[C@H]2[C@@H]3C[C@@H]([C@H]4C[C@H]43)[C@@H]12. The lowest BCUT2D eigenvalue weighted by Crippen LogP contribution is -2.54. The average molecular weight is 226 g/mol. The summed E-state index contributed by atoms with van der Waals surface area (Å²) in [6, 6.07) is 1.20. The van der Waals surface area contributed by atoms with Crippen LogP contribution in [0.4, 0.5) is 0 Å². The van der Waals surface area contributed by atoms with Gasteiger partial charge >= 0.3 is 0 Å². The van der Waals surface area contributed by atoms with E-state index in [0.29, 0.717) is 12.1 Å². The molecule has 4 bridgehead atoms. The fraction of sp³-hybridized carbons (Fsp3) is 0.867. The molecule has 2 aliphatic heterocycles. The Labute approximate surface area is 102 Å². The van der Waals surface area contributed by atoms with Gasteiger partial charge in [-0.3, -0.25) is 0 Å². The summed E-state index contributed by atoms with van der Waals surface area (Å²) in [7, 11) is 0. The molecule has 7 rings (SSSR count). The summed E-state index contributed by atoms with van der Waals surface area (Å²) in [5.74, 6) is 7.87. The highest BCUT2D eigenvalue weighted by Crippen LogP contribution is 2.74. The van der Waals surface area contributed by atoms with Crippen LogP contribution in [0.15, 0.2) is 22.4 Å². The van der Waals surface area contributed by atoms with E-state index in [2.05, 4.69) is 12.2 Å². The van der Waals surface area contributed by atoms with Crippen molar-refractivity contribution in [3.63, 3.8) is 0 Å². The average Bonchev–Trinajstić information content (AvgIpc) is 2.81. The normalized spacial score (nSPS) is 71.5. The summed E-state index contributed by atoms with van der Waals surface area (Å²) in [4.78, 5) is 0. The fourth-order valence-electron chi connectivity index (χ4n) is 6.74. The molecule has 0 aromatic rings. The van der Waals surface area contributed by atoms with Gasteiger partial charge < -0.3 is 0 Å². The third-order valence-corrected chi connectivity index (χ3v) is 7.18. The summed E-state index contributed by atoms with van der Waals surface area (Å²) in [5, 5.41) is 9.47. The predicted octanol–water partition coefficient (Wildman–Crippen LogP) is 2.91. The van der Waals surface area contributed by atoms with Crippen molar-refractivity contribution < 1.29 is 0 Å². The Morgan fingerprint density at radius 2 is 1.47 bits per heavy atom. The first kappa shape index (κ1) is 8.44. The van der Waals surface area contributed by atoms with E-state index >= 15 is 0 Å². The van der Waals surface area contributed by atoms with Crippen molar-refractivity contribution in [3.8, 4) is 0 Å². The highest BCUT2D eigenvalue weighted by Gasteiger charge is 2.71. The number of rotatable bonds is 0. The van der Waals surface area contributed by atoms with Gasteiger partial charge in [-0.2, -0.15) is 10.2 Å². The van der Waals surface area contributed by atoms with Gasteiger partial charge in [-0.1, -0.05) is 12.2 Å². The first-order valence-corrected chi connectivity index (χ1v) is 7.50. The minimum Gasteiger partial charge on any atom is -0.190 e. The minimum absolute atomic E-state index is 0.588. The molecule has 0 radical (unpaired) electrons. The molecule has 4 saturated carbocycles. The van der Waals surface area contributed by atoms with Gasteiger partial charge in [-0.05, 0) is 60.7 Å². The van der Waals surface area contributed by atoms with E-state index in [-0.39, 0.29) is 0 Å². The molecule has 7 aliphatic rings. The van der Waals surface area contributed by atoms with Crippen molar-refractivity contribution in [2.24, 2.45) is 57.6 Å². The second-order valence-electron chi connectivity index (χ2n) is 7.40. The molecule has 17 heavy (non-hydrogen) atoms. The molecule has 10 atom stereocenters. The summed E-state index contributed by atoms with van der Waals surface area (Å²) in [6.45, 7) is 0. The summed E-state index contributed by atoms with van der Waals surface area (Å²) in [6.07, 6.45) is 9.29. The number of hydrogen-bond acceptors (Lipinski definition) is 2. The summed E-state index contributed by atoms with van der Waals surface area (Å²) < 4.78 is 0. The van der Waals surface area contributed by atoms with E-state index in [1.54, 1.807) is 12.8 Å². The molecule has 0 N–H and O–H groups in total. The van der Waals surface area contributed by atoms with Crippen LogP contribution in [0.3, 0.4) is 0 Å². The molecule has 0 amide bonds. The zero-order chi connectivity index (χ0) is 10.7. The topological polar surface area (TPSA) is 24.7 Å². The van der Waals surface area contributed by atoms with Gasteiger partial charge in [0.1, 0.15) is 0 Å². The molecule has 0 unspecified atom stereocenters. The summed E-state index contributed by atoms with van der Waals surface area (Å²) >= 11 is 0. The lowest BCUT2D eigenvalue weighted by Gasteiger charge is -2.51. The van der Waals surface area contributed by atoms with Crippen molar-refractivity contribution >= 4 is 0 Å². The van der Waals surface area contributed by atoms with Gasteiger partial charge in [0, 0.05) is 5.92 Å². The largest absolute Gasteiger partial charge is 0.190 e. The lowest BCUT2D eigenvalue weighted by atomic mass is 9.58. The maximum atomic E-state index is 4.74. The van der Waals surface area contributed by atoms with Gasteiger partial charge in [-0.25, -0.2) is 0 Å². The second-order valence-corrected chi connectivity index (χ2v) is 7.40. The number of azo groups is 1. The van der Waals surface area contributed by atoms with E-state index in [4.69, 9.17) is 10.2 Å². The number of allylic oxidation sites excluding steroid dienone is 1. The molecule has 4 fully saturated rings. The van der Waals surface area contributed by atoms with E-state index in [1.807, 2.05) is 0 Å². The number of fused-ring (bicyclic) bond motifs is 5. The first-order valence-electron chi connectivity index (χ1n) is 7.50. The number of hydrogen-bond donors (Lipinski definition) is 0. The van der Waals surface area contributed by atoms with Crippen LogP contribution in [0.2, 0.25) is 0 Å². The molecular formula is C15H18N2. The highest BCUT2D eigenvalue weighted by atomic mass is 15.2. The Morgan fingerprint density at radius 3 is 2.35 bits per heavy atom. The van der Waals surface area contributed by atoms with Crippen molar-refractivity contribution in [2.45, 2.75) is 31.3 Å². The van der Waals surface area contributed by atoms with Crippen LogP contribution in [0.5, 0.6) is 0 Å². The molecule has 2 heteroatoms. The molecule has 2 nitrogen and oxygen atoms in total. The number of nitrogens with zero attached hydrogens (tertiary/aromatic N) is 2. The third-order valence-electron chi connectivity index (χ3n) is 7.18. The Balaban J connectivity index is 1.53. The summed E-state index contributed by atoms with van der Waals surface area (Å²) in [5.41, 5.74) is 0. The lowest BCUT2D eigenvalue weighted by molar-refractivity contribution is 0.0147. The fourth-order valence-corrected chi connectivity index (χ4v) is 6.74. The molecule has 88 valence electrons. The maximum absolute atomic E-state index is 4.74. The van der Waals surface area contributed by atoms with Crippen molar-refractivity contribution in [1.82, 2.24) is 0 Å². The quantitative estimate of drug-likeness (QED) is 0.567. The van der Waals surface area contributed by atoms with Crippen molar-refractivity contribution in [3.05, 3.63) is 12.2 Å². The minimum atomic E-state index is 0.588.